The fourth-order valence-corrected chi connectivity index (χ4v) is 2.70. The molecule has 1 heterocycles. The Kier molecular flexibility index (Phi) is 5.06. The largest absolute Gasteiger partial charge is 0.527 e. The van der Waals surface area contributed by atoms with Gasteiger partial charge >= 0.3 is 7.82 Å². The number of benzene rings is 1. The van der Waals surface area contributed by atoms with Gasteiger partial charge in [-0.15, -0.1) is 0 Å². The van der Waals surface area contributed by atoms with Gasteiger partial charge in [0.05, 0.1) is 0 Å². The highest BCUT2D eigenvalue weighted by atomic mass is 31.2. The van der Waals surface area contributed by atoms with Crippen LogP contribution in [-0.4, -0.2) is 37.5 Å². The summed E-state index contributed by atoms with van der Waals surface area (Å²) in [6.45, 7) is 1.54. The quantitative estimate of drug-likeness (QED) is 0.785. The monoisotopic (exact) mass is 312 g/mol. The molecule has 2 rings (SSSR count). The molecular formula is C14H21N2O4P. The Morgan fingerprint density at radius 3 is 2.86 bits per heavy atom. The van der Waals surface area contributed by atoms with E-state index in [2.05, 4.69) is 14.7 Å². The van der Waals surface area contributed by atoms with E-state index in [0.717, 1.165) is 36.8 Å². The first-order valence-electron chi connectivity index (χ1n) is 6.70. The van der Waals surface area contributed by atoms with Crippen molar-refractivity contribution in [2.75, 3.05) is 27.7 Å². The summed E-state index contributed by atoms with van der Waals surface area (Å²) < 4.78 is 21.4. The first kappa shape index (κ1) is 16.0. The Labute approximate surface area is 125 Å². The van der Waals surface area contributed by atoms with Crippen LogP contribution in [0, 0.1) is 0 Å². The molecule has 0 saturated heterocycles. The van der Waals surface area contributed by atoms with Crippen molar-refractivity contribution in [1.29, 1.82) is 0 Å². The van der Waals surface area contributed by atoms with E-state index in [4.69, 9.17) is 4.52 Å². The van der Waals surface area contributed by atoms with E-state index in [-0.39, 0.29) is 0 Å². The number of nitrogens with one attached hydrogen (secondary N) is 1. The van der Waals surface area contributed by atoms with Crippen LogP contribution in [-0.2, 0) is 15.6 Å². The van der Waals surface area contributed by atoms with Gasteiger partial charge in [0.1, 0.15) is 5.75 Å². The lowest BCUT2D eigenvalue weighted by Gasteiger charge is -2.23. The number of phosphoric ester groups is 1. The van der Waals surface area contributed by atoms with Gasteiger partial charge in [-0.2, -0.15) is 0 Å². The molecule has 0 amide bonds. The molecule has 0 aromatic heterocycles. The molecule has 1 atom stereocenters. The Hall–Kier alpha value is -1.33. The zero-order chi connectivity index (χ0) is 15.5. The number of hydrogen-bond donors (Lipinski definition) is 2. The molecule has 0 radical (unpaired) electrons. The molecule has 1 unspecified atom stereocenters. The van der Waals surface area contributed by atoms with Gasteiger partial charge in [0.15, 0.2) is 0 Å². The minimum Gasteiger partial charge on any atom is -0.403 e. The summed E-state index contributed by atoms with van der Waals surface area (Å²) in [6.07, 6.45) is 2.75. The fourth-order valence-electron chi connectivity index (χ4n) is 2.22. The predicted molar refractivity (Wildman–Crippen MR) is 81.9 cm³/mol. The van der Waals surface area contributed by atoms with Crippen molar-refractivity contribution in [3.05, 3.63) is 35.5 Å². The Morgan fingerprint density at radius 1 is 1.43 bits per heavy atom. The van der Waals surface area contributed by atoms with Crippen molar-refractivity contribution >= 4 is 13.4 Å². The highest BCUT2D eigenvalue weighted by Crippen LogP contribution is 2.46. The molecule has 2 N–H and O–H groups in total. The van der Waals surface area contributed by atoms with Crippen molar-refractivity contribution in [2.45, 2.75) is 13.0 Å². The molecule has 1 aliphatic heterocycles. The SMILES string of the molecule is COP(=O)(O)Oc1cccc2c1C(CCN(C)C)=CNC2. The summed E-state index contributed by atoms with van der Waals surface area (Å²) in [6, 6.07) is 5.48. The van der Waals surface area contributed by atoms with Crippen molar-refractivity contribution < 1.29 is 18.5 Å². The van der Waals surface area contributed by atoms with Gasteiger partial charge in [-0.05, 0) is 37.7 Å². The minimum atomic E-state index is -4.06. The summed E-state index contributed by atoms with van der Waals surface area (Å²) >= 11 is 0. The van der Waals surface area contributed by atoms with Crippen LogP contribution in [0.2, 0.25) is 0 Å². The molecule has 1 aromatic rings. The van der Waals surface area contributed by atoms with Gasteiger partial charge in [-0.1, -0.05) is 12.1 Å². The second kappa shape index (κ2) is 6.62. The Bertz CT molecular complexity index is 586. The third-order valence-electron chi connectivity index (χ3n) is 3.28. The van der Waals surface area contributed by atoms with Crippen molar-refractivity contribution in [1.82, 2.24) is 10.2 Å². The minimum absolute atomic E-state index is 0.381. The van der Waals surface area contributed by atoms with Crippen LogP contribution in [0.4, 0.5) is 0 Å². The standard InChI is InChI=1S/C14H21N2O4P/c1-16(2)8-7-12-10-15-9-11-5-4-6-13(14(11)12)20-21(17,18)19-3/h4-6,10,15H,7-9H2,1-3H3,(H,17,18). The highest BCUT2D eigenvalue weighted by Gasteiger charge is 2.25. The first-order valence-corrected chi connectivity index (χ1v) is 8.20. The van der Waals surface area contributed by atoms with Crippen LogP contribution < -0.4 is 9.84 Å². The number of fused-ring (bicyclic) bond motifs is 1. The lowest BCUT2D eigenvalue weighted by atomic mass is 9.94. The second-order valence-corrected chi connectivity index (χ2v) is 6.62. The molecule has 0 bridgehead atoms. The van der Waals surface area contributed by atoms with Crippen LogP contribution in [0.25, 0.3) is 5.57 Å². The summed E-state index contributed by atoms with van der Waals surface area (Å²) in [7, 11) is 1.10. The van der Waals surface area contributed by atoms with Gasteiger partial charge in [0.2, 0.25) is 0 Å². The van der Waals surface area contributed by atoms with E-state index in [0.29, 0.717) is 12.3 Å². The second-order valence-electron chi connectivity index (χ2n) is 5.14. The molecule has 6 nitrogen and oxygen atoms in total. The third kappa shape index (κ3) is 4.08. The van der Waals surface area contributed by atoms with Crippen LogP contribution in [0.15, 0.2) is 24.4 Å². The van der Waals surface area contributed by atoms with E-state index in [9.17, 15) is 9.46 Å². The normalized spacial score (nSPS) is 16.7. The van der Waals surface area contributed by atoms with Crippen molar-refractivity contribution in [2.24, 2.45) is 0 Å². The van der Waals surface area contributed by atoms with E-state index in [1.165, 1.54) is 0 Å². The molecule has 1 aromatic carbocycles. The molecule has 21 heavy (non-hydrogen) atoms. The Morgan fingerprint density at radius 2 is 2.19 bits per heavy atom. The average molecular weight is 312 g/mol. The van der Waals surface area contributed by atoms with Gasteiger partial charge in [0.25, 0.3) is 0 Å². The maximum atomic E-state index is 11.7. The molecule has 0 saturated carbocycles. The van der Waals surface area contributed by atoms with Gasteiger partial charge in [0, 0.05) is 32.0 Å². The first-order chi connectivity index (χ1) is 9.93. The molecule has 0 aliphatic carbocycles. The molecule has 116 valence electrons. The van der Waals surface area contributed by atoms with Crippen LogP contribution in [0.1, 0.15) is 17.5 Å². The number of rotatable bonds is 6. The number of phosphoric acid groups is 1. The maximum absolute atomic E-state index is 11.7. The predicted octanol–water partition coefficient (Wildman–Crippen LogP) is 2.21. The van der Waals surface area contributed by atoms with Crippen molar-refractivity contribution in [3.8, 4) is 5.75 Å². The van der Waals surface area contributed by atoms with E-state index < -0.39 is 7.82 Å². The smallest absolute Gasteiger partial charge is 0.403 e. The number of hydrogen-bond acceptors (Lipinski definition) is 5. The molecule has 7 heteroatoms. The highest BCUT2D eigenvalue weighted by molar-refractivity contribution is 7.47. The summed E-state index contributed by atoms with van der Waals surface area (Å²) in [5.74, 6) is 0.381. The van der Waals surface area contributed by atoms with Crippen LogP contribution in [0.3, 0.4) is 0 Å². The molecule has 0 fully saturated rings. The molecule has 0 spiro atoms. The van der Waals surface area contributed by atoms with Gasteiger partial charge < -0.3 is 14.7 Å². The van der Waals surface area contributed by atoms with E-state index in [1.807, 2.05) is 26.4 Å². The molecule has 1 aliphatic rings. The third-order valence-corrected chi connectivity index (χ3v) is 4.16. The van der Waals surface area contributed by atoms with E-state index >= 15 is 0 Å². The lowest BCUT2D eigenvalue weighted by molar-refractivity contribution is 0.242. The van der Waals surface area contributed by atoms with Gasteiger partial charge in [-0.25, -0.2) is 4.57 Å². The summed E-state index contributed by atoms with van der Waals surface area (Å²) in [4.78, 5) is 11.6. The lowest BCUT2D eigenvalue weighted by Crippen LogP contribution is -2.18. The van der Waals surface area contributed by atoms with Crippen LogP contribution in [0.5, 0.6) is 5.75 Å². The zero-order valence-corrected chi connectivity index (χ0v) is 13.4. The Balaban J connectivity index is 2.33. The van der Waals surface area contributed by atoms with Crippen molar-refractivity contribution in [3.63, 3.8) is 0 Å². The van der Waals surface area contributed by atoms with Gasteiger partial charge in [-0.3, -0.25) is 9.42 Å². The van der Waals surface area contributed by atoms with E-state index in [1.54, 1.807) is 12.1 Å². The summed E-state index contributed by atoms with van der Waals surface area (Å²) in [5.41, 5.74) is 2.97. The number of nitrogens with zero attached hydrogens (tertiary/aromatic N) is 1. The fraction of sp³-hybridized carbons (Fsp3) is 0.429. The summed E-state index contributed by atoms with van der Waals surface area (Å²) in [5, 5.41) is 3.22. The van der Waals surface area contributed by atoms with Crippen LogP contribution >= 0.6 is 7.82 Å². The zero-order valence-electron chi connectivity index (χ0n) is 12.5. The maximum Gasteiger partial charge on any atom is 0.527 e. The molecular weight excluding hydrogens is 291 g/mol. The average Bonchev–Trinajstić information content (AvgIpc) is 2.45. The topological polar surface area (TPSA) is 71.0 Å².